The summed E-state index contributed by atoms with van der Waals surface area (Å²) in [5.41, 5.74) is 5.81. The molecule has 0 saturated heterocycles. The minimum absolute atomic E-state index is 0.226. The smallest absolute Gasteiger partial charge is 0.273 e. The number of aromatic amines is 1. The molecule has 1 aromatic heterocycles. The van der Waals surface area contributed by atoms with Crippen LogP contribution in [0, 0.1) is 0 Å². The quantitative estimate of drug-likeness (QED) is 0.746. The van der Waals surface area contributed by atoms with Crippen LogP contribution in [0.1, 0.15) is 0 Å². The number of anilines is 1. The summed E-state index contributed by atoms with van der Waals surface area (Å²) in [5, 5.41) is 3.20. The zero-order chi connectivity index (χ0) is 10.1. The highest BCUT2D eigenvalue weighted by Crippen LogP contribution is 2.17. The van der Waals surface area contributed by atoms with Crippen LogP contribution in [-0.4, -0.2) is 9.78 Å². The molecular formula is C9H8ClN3O. The van der Waals surface area contributed by atoms with Gasteiger partial charge in [-0.1, -0.05) is 23.7 Å². The third kappa shape index (κ3) is 1.40. The van der Waals surface area contributed by atoms with Crippen LogP contribution in [0.4, 0.5) is 5.82 Å². The van der Waals surface area contributed by atoms with Crippen molar-refractivity contribution in [3.05, 3.63) is 45.7 Å². The third-order valence-corrected chi connectivity index (χ3v) is 2.15. The molecule has 0 aliphatic heterocycles. The molecule has 1 heterocycles. The number of halogens is 1. The molecule has 2 rings (SSSR count). The van der Waals surface area contributed by atoms with E-state index >= 15 is 0 Å². The van der Waals surface area contributed by atoms with Gasteiger partial charge in [-0.25, -0.2) is 4.68 Å². The van der Waals surface area contributed by atoms with Crippen molar-refractivity contribution < 1.29 is 0 Å². The number of hydrogen-bond donors (Lipinski definition) is 2. The Labute approximate surface area is 84.9 Å². The molecule has 0 atom stereocenters. The minimum Gasteiger partial charge on any atom is -0.384 e. The first kappa shape index (κ1) is 8.90. The molecule has 0 amide bonds. The number of rotatable bonds is 1. The molecule has 14 heavy (non-hydrogen) atoms. The van der Waals surface area contributed by atoms with Crippen LogP contribution in [0.25, 0.3) is 5.69 Å². The second kappa shape index (κ2) is 3.23. The third-order valence-electron chi connectivity index (χ3n) is 1.83. The van der Waals surface area contributed by atoms with Crippen LogP contribution in [0.5, 0.6) is 0 Å². The van der Waals surface area contributed by atoms with E-state index in [4.69, 9.17) is 17.3 Å². The number of aromatic nitrogens is 2. The molecule has 4 nitrogen and oxygen atoms in total. The molecule has 1 aromatic carbocycles. The first-order chi connectivity index (χ1) is 6.68. The number of H-pyrrole nitrogens is 1. The normalized spacial score (nSPS) is 10.4. The number of hydrogen-bond acceptors (Lipinski definition) is 2. The molecule has 2 aromatic rings. The Morgan fingerprint density at radius 3 is 2.64 bits per heavy atom. The Bertz CT molecular complexity index is 515. The number of nitrogens with two attached hydrogens (primary N) is 1. The Kier molecular flexibility index (Phi) is 2.05. The van der Waals surface area contributed by atoms with Crippen molar-refractivity contribution in [3.8, 4) is 5.69 Å². The summed E-state index contributed by atoms with van der Waals surface area (Å²) >= 11 is 5.92. The topological polar surface area (TPSA) is 63.8 Å². The first-order valence-corrected chi connectivity index (χ1v) is 4.39. The molecule has 0 unspecified atom stereocenters. The fourth-order valence-electron chi connectivity index (χ4n) is 1.23. The van der Waals surface area contributed by atoms with Crippen LogP contribution < -0.4 is 11.3 Å². The zero-order valence-electron chi connectivity index (χ0n) is 7.20. The summed E-state index contributed by atoms with van der Waals surface area (Å²) in [6, 6.07) is 8.34. The van der Waals surface area contributed by atoms with Crippen LogP contribution in [0.3, 0.4) is 0 Å². The molecule has 0 radical (unpaired) electrons. The lowest BCUT2D eigenvalue weighted by atomic mass is 10.3. The van der Waals surface area contributed by atoms with E-state index < -0.39 is 0 Å². The number of nitrogen functional groups attached to an aromatic ring is 1. The zero-order valence-corrected chi connectivity index (χ0v) is 7.95. The monoisotopic (exact) mass is 209 g/mol. The molecule has 3 N–H and O–H groups in total. The molecule has 0 saturated carbocycles. The van der Waals surface area contributed by atoms with Crippen molar-refractivity contribution in [1.82, 2.24) is 9.78 Å². The number of benzene rings is 1. The average molecular weight is 210 g/mol. The predicted molar refractivity (Wildman–Crippen MR) is 55.8 cm³/mol. The van der Waals surface area contributed by atoms with Gasteiger partial charge in [0.05, 0.1) is 10.7 Å². The van der Waals surface area contributed by atoms with E-state index in [1.54, 1.807) is 24.3 Å². The summed E-state index contributed by atoms with van der Waals surface area (Å²) in [6.07, 6.45) is 0. The van der Waals surface area contributed by atoms with E-state index in [-0.39, 0.29) is 5.56 Å². The van der Waals surface area contributed by atoms with Gasteiger partial charge in [-0.3, -0.25) is 9.89 Å². The lowest BCUT2D eigenvalue weighted by Gasteiger charge is -2.02. The Hall–Kier alpha value is -1.68. The second-order valence-electron chi connectivity index (χ2n) is 2.84. The van der Waals surface area contributed by atoms with Gasteiger partial charge >= 0.3 is 0 Å². The summed E-state index contributed by atoms with van der Waals surface area (Å²) in [5.74, 6) is 0.315. The molecule has 0 spiro atoms. The molecule has 0 aliphatic carbocycles. The van der Waals surface area contributed by atoms with E-state index in [1.165, 1.54) is 10.7 Å². The van der Waals surface area contributed by atoms with Gasteiger partial charge in [0.1, 0.15) is 5.82 Å². The largest absolute Gasteiger partial charge is 0.384 e. The number of para-hydroxylation sites is 1. The van der Waals surface area contributed by atoms with E-state index in [9.17, 15) is 4.79 Å². The molecule has 5 heteroatoms. The van der Waals surface area contributed by atoms with Crippen LogP contribution >= 0.6 is 11.6 Å². The lowest BCUT2D eigenvalue weighted by Crippen LogP contribution is -2.13. The van der Waals surface area contributed by atoms with Crippen molar-refractivity contribution in [2.45, 2.75) is 0 Å². The van der Waals surface area contributed by atoms with E-state index in [1.807, 2.05) is 0 Å². The maximum Gasteiger partial charge on any atom is 0.273 e. The molecule has 0 bridgehead atoms. The van der Waals surface area contributed by atoms with Crippen molar-refractivity contribution in [3.63, 3.8) is 0 Å². The van der Waals surface area contributed by atoms with Crippen molar-refractivity contribution in [2.75, 3.05) is 5.73 Å². The SMILES string of the molecule is Nc1cc(=O)n(-c2ccccc2Cl)[nH]1. The molecular weight excluding hydrogens is 202 g/mol. The van der Waals surface area contributed by atoms with Crippen molar-refractivity contribution >= 4 is 17.4 Å². The van der Waals surface area contributed by atoms with E-state index in [0.717, 1.165) is 0 Å². The second-order valence-corrected chi connectivity index (χ2v) is 3.24. The average Bonchev–Trinajstić information content (AvgIpc) is 2.46. The van der Waals surface area contributed by atoms with Gasteiger partial charge in [0, 0.05) is 6.07 Å². The first-order valence-electron chi connectivity index (χ1n) is 4.01. The van der Waals surface area contributed by atoms with Gasteiger partial charge in [0.2, 0.25) is 0 Å². The maximum absolute atomic E-state index is 11.4. The number of nitrogens with one attached hydrogen (secondary N) is 1. The van der Waals surface area contributed by atoms with Crippen LogP contribution in [0.2, 0.25) is 5.02 Å². The van der Waals surface area contributed by atoms with Gasteiger partial charge in [-0.15, -0.1) is 0 Å². The summed E-state index contributed by atoms with van der Waals surface area (Å²) in [7, 11) is 0. The fraction of sp³-hybridized carbons (Fsp3) is 0. The fourth-order valence-corrected chi connectivity index (χ4v) is 1.45. The van der Waals surface area contributed by atoms with Gasteiger partial charge in [-0.05, 0) is 12.1 Å². The van der Waals surface area contributed by atoms with Gasteiger partial charge in [-0.2, -0.15) is 0 Å². The Morgan fingerprint density at radius 1 is 1.36 bits per heavy atom. The van der Waals surface area contributed by atoms with Gasteiger partial charge < -0.3 is 5.73 Å². The van der Waals surface area contributed by atoms with Crippen LogP contribution in [-0.2, 0) is 0 Å². The Balaban J connectivity index is 2.66. The number of nitrogens with zero attached hydrogens (tertiary/aromatic N) is 1. The molecule has 0 aliphatic rings. The molecule has 72 valence electrons. The van der Waals surface area contributed by atoms with Gasteiger partial charge in [0.15, 0.2) is 0 Å². The van der Waals surface area contributed by atoms with E-state index in [0.29, 0.717) is 16.5 Å². The van der Waals surface area contributed by atoms with Crippen molar-refractivity contribution in [1.29, 1.82) is 0 Å². The summed E-state index contributed by atoms with van der Waals surface area (Å²) < 4.78 is 1.30. The minimum atomic E-state index is -0.226. The van der Waals surface area contributed by atoms with Crippen LogP contribution in [0.15, 0.2) is 35.1 Å². The molecule has 0 fully saturated rings. The maximum atomic E-state index is 11.4. The summed E-state index contributed by atoms with van der Waals surface area (Å²) in [6.45, 7) is 0. The van der Waals surface area contributed by atoms with Crippen molar-refractivity contribution in [2.24, 2.45) is 0 Å². The van der Waals surface area contributed by atoms with Gasteiger partial charge in [0.25, 0.3) is 5.56 Å². The predicted octanol–water partition coefficient (Wildman–Crippen LogP) is 1.40. The lowest BCUT2D eigenvalue weighted by molar-refractivity contribution is 0.854. The highest BCUT2D eigenvalue weighted by Gasteiger charge is 2.05. The van der Waals surface area contributed by atoms with E-state index in [2.05, 4.69) is 5.10 Å². The highest BCUT2D eigenvalue weighted by atomic mass is 35.5. The standard InChI is InChI=1S/C9H8ClN3O/c10-6-3-1-2-4-7(6)13-9(14)5-8(11)12-13/h1-5,12H,11H2. The summed E-state index contributed by atoms with van der Waals surface area (Å²) in [4.78, 5) is 11.4. The Morgan fingerprint density at radius 2 is 2.07 bits per heavy atom. The highest BCUT2D eigenvalue weighted by molar-refractivity contribution is 6.32.